The molecule has 0 aliphatic heterocycles. The fourth-order valence-electron chi connectivity index (χ4n) is 3.02. The Balaban J connectivity index is 2.26. The Morgan fingerprint density at radius 1 is 0.931 bits per heavy atom. The molecule has 2 rings (SSSR count). The van der Waals surface area contributed by atoms with Gasteiger partial charge in [0.2, 0.25) is 10.0 Å². The summed E-state index contributed by atoms with van der Waals surface area (Å²) in [7, 11) is -3.87. The van der Waals surface area contributed by atoms with Crippen molar-refractivity contribution in [3.8, 4) is 11.1 Å². The fraction of sp³-hybridized carbons (Fsp3) is 0.435. The van der Waals surface area contributed by atoms with Crippen LogP contribution in [0.3, 0.4) is 0 Å². The SMILES string of the molecule is Cc1cc(C)cc(-c2ccc(S(=O)(=O)NC(C(=O)OC(C)(C)C)C(C)C)cc2)c1. The maximum absolute atomic E-state index is 12.9. The number of carbonyl (C=O) groups is 1. The third-order valence-electron chi connectivity index (χ3n) is 4.33. The van der Waals surface area contributed by atoms with Crippen molar-refractivity contribution in [1.29, 1.82) is 0 Å². The van der Waals surface area contributed by atoms with Crippen LogP contribution in [0, 0.1) is 19.8 Å². The molecule has 0 saturated heterocycles. The molecule has 2 aromatic carbocycles. The van der Waals surface area contributed by atoms with Crippen LogP contribution >= 0.6 is 0 Å². The average Bonchev–Trinajstić information content (AvgIpc) is 2.57. The van der Waals surface area contributed by atoms with E-state index in [1.807, 2.05) is 13.8 Å². The quantitative estimate of drug-likeness (QED) is 0.697. The van der Waals surface area contributed by atoms with Crippen molar-refractivity contribution in [3.05, 3.63) is 53.6 Å². The molecule has 0 amide bonds. The van der Waals surface area contributed by atoms with Crippen molar-refractivity contribution < 1.29 is 17.9 Å². The number of aryl methyl sites for hydroxylation is 2. The van der Waals surface area contributed by atoms with Crippen LogP contribution < -0.4 is 4.72 Å². The molecule has 0 spiro atoms. The Morgan fingerprint density at radius 3 is 1.90 bits per heavy atom. The number of carbonyl (C=O) groups excluding carboxylic acids is 1. The van der Waals surface area contributed by atoms with E-state index in [1.165, 1.54) is 0 Å². The number of hydrogen-bond acceptors (Lipinski definition) is 4. The topological polar surface area (TPSA) is 72.5 Å². The summed E-state index contributed by atoms with van der Waals surface area (Å²) in [5, 5.41) is 0. The minimum absolute atomic E-state index is 0.111. The lowest BCUT2D eigenvalue weighted by Gasteiger charge is -2.26. The van der Waals surface area contributed by atoms with Crippen molar-refractivity contribution in [2.24, 2.45) is 5.92 Å². The predicted octanol–water partition coefficient (Wildman–Crippen LogP) is 4.62. The van der Waals surface area contributed by atoms with Gasteiger partial charge < -0.3 is 4.74 Å². The van der Waals surface area contributed by atoms with Crippen LogP contribution in [0.2, 0.25) is 0 Å². The Labute approximate surface area is 174 Å². The Hall–Kier alpha value is -2.18. The molecule has 0 radical (unpaired) electrons. The molecule has 0 saturated carbocycles. The maximum Gasteiger partial charge on any atom is 0.324 e. The van der Waals surface area contributed by atoms with Gasteiger partial charge in [0.25, 0.3) is 0 Å². The summed E-state index contributed by atoms with van der Waals surface area (Å²) in [6, 6.07) is 11.9. The molecule has 0 aromatic heterocycles. The number of hydrogen-bond donors (Lipinski definition) is 1. The summed E-state index contributed by atoms with van der Waals surface area (Å²) in [5.74, 6) is -0.836. The van der Waals surface area contributed by atoms with E-state index >= 15 is 0 Å². The molecule has 6 heteroatoms. The van der Waals surface area contributed by atoms with Crippen molar-refractivity contribution in [2.75, 3.05) is 0 Å². The van der Waals surface area contributed by atoms with E-state index in [9.17, 15) is 13.2 Å². The minimum Gasteiger partial charge on any atom is -0.459 e. The van der Waals surface area contributed by atoms with Crippen molar-refractivity contribution in [1.82, 2.24) is 4.72 Å². The first-order chi connectivity index (χ1) is 13.3. The van der Waals surface area contributed by atoms with Crippen LogP contribution in [0.4, 0.5) is 0 Å². The molecule has 5 nitrogen and oxygen atoms in total. The van der Waals surface area contributed by atoms with Gasteiger partial charge in [-0.3, -0.25) is 4.79 Å². The summed E-state index contributed by atoms with van der Waals surface area (Å²) in [6.45, 7) is 12.9. The predicted molar refractivity (Wildman–Crippen MR) is 116 cm³/mol. The van der Waals surface area contributed by atoms with Gasteiger partial charge in [-0.15, -0.1) is 0 Å². The van der Waals surface area contributed by atoms with Gasteiger partial charge in [-0.1, -0.05) is 55.3 Å². The summed E-state index contributed by atoms with van der Waals surface area (Å²) < 4.78 is 33.6. The molecule has 1 atom stereocenters. The van der Waals surface area contributed by atoms with E-state index in [2.05, 4.69) is 22.9 Å². The monoisotopic (exact) mass is 417 g/mol. The standard InChI is InChI=1S/C23H31NO4S/c1-15(2)21(22(25)28-23(5,6)7)24-29(26,27)20-10-8-18(9-11-20)19-13-16(3)12-17(4)14-19/h8-15,21,24H,1-7H3. The first-order valence-electron chi connectivity index (χ1n) is 9.72. The zero-order valence-corrected chi connectivity index (χ0v) is 19.1. The smallest absolute Gasteiger partial charge is 0.324 e. The molecule has 0 bridgehead atoms. The average molecular weight is 418 g/mol. The number of esters is 1. The van der Waals surface area contributed by atoms with E-state index < -0.39 is 27.6 Å². The van der Waals surface area contributed by atoms with Crippen LogP contribution in [0.15, 0.2) is 47.4 Å². The summed E-state index contributed by atoms with van der Waals surface area (Å²) in [4.78, 5) is 12.6. The molecule has 0 heterocycles. The molecular weight excluding hydrogens is 386 g/mol. The van der Waals surface area contributed by atoms with Crippen molar-refractivity contribution >= 4 is 16.0 Å². The van der Waals surface area contributed by atoms with Gasteiger partial charge in [-0.2, -0.15) is 4.72 Å². The molecule has 0 fully saturated rings. The van der Waals surface area contributed by atoms with Gasteiger partial charge in [0.1, 0.15) is 11.6 Å². The molecule has 0 aliphatic rings. The van der Waals surface area contributed by atoms with E-state index in [0.717, 1.165) is 22.3 Å². The van der Waals surface area contributed by atoms with Crippen LogP contribution in [0.1, 0.15) is 45.7 Å². The maximum atomic E-state index is 12.9. The van der Waals surface area contributed by atoms with Gasteiger partial charge in [-0.05, 0) is 63.8 Å². The molecule has 0 aliphatic carbocycles. The number of nitrogens with one attached hydrogen (secondary N) is 1. The second kappa shape index (κ2) is 8.67. The van der Waals surface area contributed by atoms with Gasteiger partial charge in [-0.25, -0.2) is 8.42 Å². The number of sulfonamides is 1. The highest BCUT2D eigenvalue weighted by Crippen LogP contribution is 2.24. The second-order valence-electron chi connectivity index (χ2n) is 8.78. The fourth-order valence-corrected chi connectivity index (χ4v) is 4.36. The van der Waals surface area contributed by atoms with E-state index in [-0.39, 0.29) is 10.8 Å². The zero-order chi connectivity index (χ0) is 22.0. The lowest BCUT2D eigenvalue weighted by Crippen LogP contribution is -2.47. The third kappa shape index (κ3) is 6.41. The largest absolute Gasteiger partial charge is 0.459 e. The first-order valence-corrected chi connectivity index (χ1v) is 11.2. The van der Waals surface area contributed by atoms with Gasteiger partial charge in [0, 0.05) is 0 Å². The molecular formula is C23H31NO4S. The number of rotatable bonds is 6. The van der Waals surface area contributed by atoms with E-state index in [1.54, 1.807) is 58.9 Å². The summed E-state index contributed by atoms with van der Waals surface area (Å²) in [5.41, 5.74) is 3.58. The normalized spacial score (nSPS) is 13.4. The Morgan fingerprint density at radius 2 is 1.45 bits per heavy atom. The summed E-state index contributed by atoms with van der Waals surface area (Å²) >= 11 is 0. The summed E-state index contributed by atoms with van der Waals surface area (Å²) in [6.07, 6.45) is 0. The van der Waals surface area contributed by atoms with E-state index in [4.69, 9.17) is 4.74 Å². The lowest BCUT2D eigenvalue weighted by atomic mass is 10.0. The molecule has 158 valence electrons. The Kier molecular flexibility index (Phi) is 6.91. The number of benzene rings is 2. The van der Waals surface area contributed by atoms with Crippen LogP contribution in [-0.2, 0) is 19.6 Å². The van der Waals surface area contributed by atoms with Crippen LogP contribution in [0.25, 0.3) is 11.1 Å². The van der Waals surface area contributed by atoms with Gasteiger partial charge >= 0.3 is 5.97 Å². The van der Waals surface area contributed by atoms with Crippen molar-refractivity contribution in [3.63, 3.8) is 0 Å². The molecule has 29 heavy (non-hydrogen) atoms. The Bertz CT molecular complexity index is 951. The third-order valence-corrected chi connectivity index (χ3v) is 5.79. The van der Waals surface area contributed by atoms with Crippen molar-refractivity contribution in [2.45, 2.75) is 65.0 Å². The molecule has 2 aromatic rings. The van der Waals surface area contributed by atoms with Gasteiger partial charge in [0.15, 0.2) is 0 Å². The highest BCUT2D eigenvalue weighted by Gasteiger charge is 2.32. The van der Waals surface area contributed by atoms with E-state index in [0.29, 0.717) is 0 Å². The molecule has 1 N–H and O–H groups in total. The van der Waals surface area contributed by atoms with Crippen LogP contribution in [-0.4, -0.2) is 26.0 Å². The minimum atomic E-state index is -3.87. The highest BCUT2D eigenvalue weighted by atomic mass is 32.2. The van der Waals surface area contributed by atoms with Crippen LogP contribution in [0.5, 0.6) is 0 Å². The zero-order valence-electron chi connectivity index (χ0n) is 18.2. The lowest BCUT2D eigenvalue weighted by molar-refractivity contribution is -0.158. The second-order valence-corrected chi connectivity index (χ2v) is 10.5. The highest BCUT2D eigenvalue weighted by molar-refractivity contribution is 7.89. The molecule has 1 unspecified atom stereocenters. The van der Waals surface area contributed by atoms with Gasteiger partial charge in [0.05, 0.1) is 4.90 Å². The first kappa shape index (κ1) is 23.1. The number of ether oxygens (including phenoxy) is 1.